The van der Waals surface area contributed by atoms with Gasteiger partial charge in [0.15, 0.2) is 0 Å². The maximum absolute atomic E-state index is 12.9. The second kappa shape index (κ2) is 8.87. The summed E-state index contributed by atoms with van der Waals surface area (Å²) < 4.78 is 46.7. The van der Waals surface area contributed by atoms with Crippen LogP contribution in [0.15, 0.2) is 64.7 Å². The zero-order valence-corrected chi connectivity index (χ0v) is 19.3. The number of fused-ring (bicyclic) bond motifs is 1. The maximum atomic E-state index is 12.9. The first-order chi connectivity index (χ1) is 15.6. The number of rotatable bonds is 5. The van der Waals surface area contributed by atoms with E-state index in [1.165, 1.54) is 24.1 Å². The van der Waals surface area contributed by atoms with E-state index in [-0.39, 0.29) is 6.54 Å². The second-order valence-electron chi connectivity index (χ2n) is 8.13. The van der Waals surface area contributed by atoms with Crippen LogP contribution in [0.4, 0.5) is 18.9 Å². The minimum absolute atomic E-state index is 0.00778. The first-order valence-corrected chi connectivity index (χ1v) is 11.1. The molecular weight excluding hydrogens is 475 g/mol. The van der Waals surface area contributed by atoms with E-state index in [0.29, 0.717) is 34.3 Å². The lowest BCUT2D eigenvalue weighted by molar-refractivity contribution is -0.137. The lowest BCUT2D eigenvalue weighted by Crippen LogP contribution is -2.44. The Morgan fingerprint density at radius 2 is 1.88 bits per heavy atom. The van der Waals surface area contributed by atoms with E-state index in [1.807, 2.05) is 30.3 Å². The molecule has 0 spiro atoms. The third-order valence-electron chi connectivity index (χ3n) is 4.99. The Morgan fingerprint density at radius 3 is 2.52 bits per heavy atom. The van der Waals surface area contributed by atoms with E-state index < -0.39 is 17.3 Å². The molecule has 172 valence electrons. The number of alkyl halides is 3. The van der Waals surface area contributed by atoms with Gasteiger partial charge in [-0.3, -0.25) is 0 Å². The van der Waals surface area contributed by atoms with E-state index >= 15 is 0 Å². The molecule has 0 atom stereocenters. The molecule has 33 heavy (non-hydrogen) atoms. The Kier molecular flexibility index (Phi) is 6.28. The van der Waals surface area contributed by atoms with Crippen molar-refractivity contribution in [2.24, 2.45) is 5.18 Å². The molecule has 1 aromatic heterocycles. The number of pyridine rings is 1. The van der Waals surface area contributed by atoms with Crippen LogP contribution in [0.3, 0.4) is 0 Å². The molecule has 0 aliphatic carbocycles. The largest absolute Gasteiger partial charge is 0.468 e. The van der Waals surface area contributed by atoms with E-state index in [2.05, 4.69) is 10.2 Å². The van der Waals surface area contributed by atoms with Crippen molar-refractivity contribution in [3.05, 3.63) is 75.7 Å². The summed E-state index contributed by atoms with van der Waals surface area (Å²) in [6.45, 7) is 4.43. The number of benzene rings is 2. The van der Waals surface area contributed by atoms with Gasteiger partial charge in [-0.1, -0.05) is 35.0 Å². The minimum atomic E-state index is -4.39. The molecule has 2 heterocycles. The lowest BCUT2D eigenvalue weighted by Gasteiger charge is -2.39. The maximum Gasteiger partial charge on any atom is 0.416 e. The summed E-state index contributed by atoms with van der Waals surface area (Å²) in [4.78, 5) is 16.0. The Balaban J connectivity index is 1.63. The Bertz CT molecular complexity index is 1190. The molecular formula is C23H19ClF3N3O2S. The highest BCUT2D eigenvalue weighted by atomic mass is 35.5. The van der Waals surface area contributed by atoms with Crippen molar-refractivity contribution in [2.45, 2.75) is 37.1 Å². The molecule has 1 aliphatic rings. The topological polar surface area (TPSA) is 54.8 Å². The third-order valence-corrected chi connectivity index (χ3v) is 6.35. The number of anilines is 1. The normalized spacial score (nSPS) is 15.0. The number of nitrogens with zero attached hydrogens (tertiary/aromatic N) is 3. The highest BCUT2D eigenvalue weighted by Crippen LogP contribution is 2.43. The first-order valence-electron chi connectivity index (χ1n) is 9.96. The lowest BCUT2D eigenvalue weighted by atomic mass is 10.1. The van der Waals surface area contributed by atoms with Gasteiger partial charge < -0.3 is 9.04 Å². The van der Waals surface area contributed by atoms with Crippen LogP contribution in [0.25, 0.3) is 11.3 Å². The van der Waals surface area contributed by atoms with Crippen LogP contribution in [0.1, 0.15) is 25.0 Å². The molecule has 0 fully saturated rings. The van der Waals surface area contributed by atoms with Gasteiger partial charge in [-0.15, -0.1) is 0 Å². The number of ether oxygens (including phenoxy) is 1. The molecule has 0 saturated carbocycles. The fourth-order valence-electron chi connectivity index (χ4n) is 3.41. The SMILES string of the molecule is CC1(C)CN(Sc2ccc(CN=O)c(Cl)c2)c2ccc(-c3ccc(C(F)(F)F)cc3)nc2O1. The van der Waals surface area contributed by atoms with Gasteiger partial charge in [-0.25, -0.2) is 4.98 Å². The zero-order valence-electron chi connectivity index (χ0n) is 17.7. The van der Waals surface area contributed by atoms with Crippen LogP contribution in [-0.4, -0.2) is 17.1 Å². The molecule has 0 radical (unpaired) electrons. The summed E-state index contributed by atoms with van der Waals surface area (Å²) in [7, 11) is 0. The van der Waals surface area contributed by atoms with Crippen molar-refractivity contribution in [3.63, 3.8) is 0 Å². The molecule has 4 rings (SSSR count). The van der Waals surface area contributed by atoms with Crippen molar-refractivity contribution < 1.29 is 17.9 Å². The van der Waals surface area contributed by atoms with Crippen molar-refractivity contribution >= 4 is 29.2 Å². The number of halogens is 4. The predicted molar refractivity (Wildman–Crippen MR) is 124 cm³/mol. The number of hydrogen-bond acceptors (Lipinski definition) is 6. The van der Waals surface area contributed by atoms with Gasteiger partial charge in [0, 0.05) is 15.5 Å². The van der Waals surface area contributed by atoms with E-state index in [9.17, 15) is 18.1 Å². The van der Waals surface area contributed by atoms with Crippen LogP contribution in [-0.2, 0) is 12.7 Å². The molecule has 2 aromatic carbocycles. The van der Waals surface area contributed by atoms with Crippen LogP contribution < -0.4 is 9.04 Å². The zero-order chi connectivity index (χ0) is 23.8. The fourth-order valence-corrected chi connectivity index (χ4v) is 4.88. The van der Waals surface area contributed by atoms with E-state index in [0.717, 1.165) is 22.7 Å². The summed E-state index contributed by atoms with van der Waals surface area (Å²) in [5.41, 5.74) is 1.20. The summed E-state index contributed by atoms with van der Waals surface area (Å²) >= 11 is 7.72. The van der Waals surface area contributed by atoms with Crippen LogP contribution in [0.5, 0.6) is 5.88 Å². The number of nitroso groups, excluding NO2 is 1. The molecule has 0 amide bonds. The number of hydrogen-bond donors (Lipinski definition) is 0. The van der Waals surface area contributed by atoms with Crippen LogP contribution in [0, 0.1) is 4.91 Å². The molecule has 3 aromatic rings. The van der Waals surface area contributed by atoms with Crippen molar-refractivity contribution in [2.75, 3.05) is 10.8 Å². The third kappa shape index (κ3) is 5.25. The minimum Gasteiger partial charge on any atom is -0.468 e. The van der Waals surface area contributed by atoms with Crippen LogP contribution in [0.2, 0.25) is 5.02 Å². The molecule has 0 N–H and O–H groups in total. The van der Waals surface area contributed by atoms with Crippen molar-refractivity contribution in [1.82, 2.24) is 4.98 Å². The quantitative estimate of drug-likeness (QED) is 0.274. The fraction of sp³-hybridized carbons (Fsp3) is 0.261. The van der Waals surface area contributed by atoms with Gasteiger partial charge in [0.2, 0.25) is 5.88 Å². The predicted octanol–water partition coefficient (Wildman–Crippen LogP) is 7.37. The Labute approximate surface area is 198 Å². The molecule has 1 aliphatic heterocycles. The van der Waals surface area contributed by atoms with Gasteiger partial charge in [0.25, 0.3) is 0 Å². The standard InChI is InChI=1S/C23H19ClF3N3O2S/c1-22(2)13-30(33-17-8-5-15(12-28-31)18(24)11-17)20-10-9-19(29-21(20)32-22)14-3-6-16(7-4-14)23(25,26)27/h3-11H,12-13H2,1-2H3. The summed E-state index contributed by atoms with van der Waals surface area (Å²) in [6, 6.07) is 13.9. The van der Waals surface area contributed by atoms with Crippen molar-refractivity contribution in [3.8, 4) is 17.1 Å². The van der Waals surface area contributed by atoms with E-state index in [4.69, 9.17) is 16.3 Å². The van der Waals surface area contributed by atoms with Gasteiger partial charge in [0.05, 0.1) is 17.8 Å². The molecule has 0 unspecified atom stereocenters. The molecule has 0 saturated heterocycles. The first kappa shape index (κ1) is 23.4. The highest BCUT2D eigenvalue weighted by Gasteiger charge is 2.34. The van der Waals surface area contributed by atoms with Gasteiger partial charge in [-0.05, 0) is 67.8 Å². The van der Waals surface area contributed by atoms with Crippen molar-refractivity contribution in [1.29, 1.82) is 0 Å². The number of aromatic nitrogens is 1. The van der Waals surface area contributed by atoms with Gasteiger partial charge in [-0.2, -0.15) is 18.1 Å². The molecule has 0 bridgehead atoms. The average molecular weight is 494 g/mol. The van der Waals surface area contributed by atoms with Crippen LogP contribution >= 0.6 is 23.5 Å². The summed E-state index contributed by atoms with van der Waals surface area (Å²) in [5, 5.41) is 3.34. The van der Waals surface area contributed by atoms with E-state index in [1.54, 1.807) is 18.2 Å². The Hall–Kier alpha value is -2.78. The van der Waals surface area contributed by atoms with Gasteiger partial charge in [0.1, 0.15) is 17.8 Å². The molecule has 5 nitrogen and oxygen atoms in total. The van der Waals surface area contributed by atoms with Gasteiger partial charge >= 0.3 is 6.18 Å². The monoisotopic (exact) mass is 493 g/mol. The smallest absolute Gasteiger partial charge is 0.416 e. The second-order valence-corrected chi connectivity index (χ2v) is 9.63. The summed E-state index contributed by atoms with van der Waals surface area (Å²) in [6.07, 6.45) is -4.39. The highest BCUT2D eigenvalue weighted by molar-refractivity contribution is 8.00. The summed E-state index contributed by atoms with van der Waals surface area (Å²) in [5.74, 6) is 0.393. The Morgan fingerprint density at radius 1 is 1.15 bits per heavy atom. The molecule has 10 heteroatoms. The average Bonchev–Trinajstić information content (AvgIpc) is 2.74.